The highest BCUT2D eigenvalue weighted by atomic mass is 16.2. The molecule has 1 aliphatic carbocycles. The number of rotatable bonds is 6. The molecule has 2 aliphatic rings. The molecule has 1 amide bonds. The molecule has 4 rings (SSSR count). The molecule has 4 heteroatoms. The van der Waals surface area contributed by atoms with Gasteiger partial charge in [0.1, 0.15) is 6.04 Å². The maximum absolute atomic E-state index is 12.9. The highest BCUT2D eigenvalue weighted by Gasteiger charge is 2.35. The molecule has 0 bridgehead atoms. The highest BCUT2D eigenvalue weighted by molar-refractivity contribution is 5.98. The van der Waals surface area contributed by atoms with E-state index in [1.165, 1.54) is 5.56 Å². The number of nitrogens with one attached hydrogen (secondary N) is 1. The number of piperidine rings is 1. The van der Waals surface area contributed by atoms with Crippen molar-refractivity contribution in [2.45, 2.75) is 44.7 Å². The Morgan fingerprint density at radius 1 is 0.929 bits per heavy atom. The minimum atomic E-state index is -0.266. The molecule has 146 valence electrons. The number of benzene rings is 2. The molecule has 2 aromatic rings. The monoisotopic (exact) mass is 376 g/mol. The number of nitrogens with zero attached hydrogens (tertiary/aromatic N) is 1. The quantitative estimate of drug-likeness (QED) is 0.778. The minimum absolute atomic E-state index is 0.0434. The van der Waals surface area contributed by atoms with Crippen molar-refractivity contribution in [2.24, 2.45) is 5.92 Å². The van der Waals surface area contributed by atoms with E-state index < -0.39 is 0 Å². The second kappa shape index (κ2) is 8.27. The summed E-state index contributed by atoms with van der Waals surface area (Å²) < 4.78 is 0. The molecule has 1 N–H and O–H groups in total. The summed E-state index contributed by atoms with van der Waals surface area (Å²) in [6, 6.07) is 17.9. The van der Waals surface area contributed by atoms with Crippen molar-refractivity contribution < 1.29 is 9.59 Å². The number of hydrogen-bond acceptors (Lipinski definition) is 3. The number of hydrogen-bond donors (Lipinski definition) is 1. The summed E-state index contributed by atoms with van der Waals surface area (Å²) in [5.41, 5.74) is 3.00. The van der Waals surface area contributed by atoms with Crippen LogP contribution in [0.1, 0.15) is 53.2 Å². The van der Waals surface area contributed by atoms with E-state index >= 15 is 0 Å². The van der Waals surface area contributed by atoms with E-state index in [0.29, 0.717) is 6.04 Å². The van der Waals surface area contributed by atoms with Crippen LogP contribution in [0.5, 0.6) is 0 Å². The number of carbonyl (C=O) groups excluding carboxylic acids is 2. The molecule has 0 spiro atoms. The number of likely N-dealkylation sites (tertiary alicyclic amines) is 1. The van der Waals surface area contributed by atoms with Crippen molar-refractivity contribution in [1.82, 2.24) is 10.2 Å². The summed E-state index contributed by atoms with van der Waals surface area (Å²) >= 11 is 0. The lowest BCUT2D eigenvalue weighted by atomic mass is 9.87. The maximum Gasteiger partial charge on any atom is 0.242 e. The molecule has 1 atom stereocenters. The van der Waals surface area contributed by atoms with Crippen LogP contribution >= 0.6 is 0 Å². The first-order valence-electron chi connectivity index (χ1n) is 10.3. The van der Waals surface area contributed by atoms with E-state index in [2.05, 4.69) is 10.2 Å². The molecule has 1 heterocycles. The van der Waals surface area contributed by atoms with Crippen LogP contribution in [0.4, 0.5) is 0 Å². The van der Waals surface area contributed by atoms with Crippen LogP contribution in [0, 0.1) is 12.8 Å². The van der Waals surface area contributed by atoms with Gasteiger partial charge in [-0.15, -0.1) is 0 Å². The van der Waals surface area contributed by atoms with Crippen LogP contribution < -0.4 is 5.32 Å². The van der Waals surface area contributed by atoms with Gasteiger partial charge in [0.25, 0.3) is 0 Å². The standard InChI is InChI=1S/C24H28N2O2/c1-17-7-9-19(10-8-17)23(27)20-13-15-26(16-14-20)22(18-5-3-2-4-6-18)24(28)25-21-11-12-21/h2-10,20-22H,11-16H2,1H3,(H,25,28)/t22-/m0/s1. The van der Waals surface area contributed by atoms with Gasteiger partial charge in [-0.1, -0.05) is 60.2 Å². The predicted octanol–water partition coefficient (Wildman–Crippen LogP) is 3.91. The van der Waals surface area contributed by atoms with Crippen molar-refractivity contribution in [3.05, 3.63) is 71.3 Å². The van der Waals surface area contributed by atoms with Gasteiger partial charge >= 0.3 is 0 Å². The summed E-state index contributed by atoms with van der Waals surface area (Å²) in [4.78, 5) is 28.0. The lowest BCUT2D eigenvalue weighted by molar-refractivity contribution is -0.127. The fourth-order valence-electron chi connectivity index (χ4n) is 4.04. The van der Waals surface area contributed by atoms with Crippen LogP contribution in [-0.4, -0.2) is 35.7 Å². The van der Waals surface area contributed by atoms with Crippen molar-refractivity contribution in [3.63, 3.8) is 0 Å². The van der Waals surface area contributed by atoms with Gasteiger partial charge in [-0.2, -0.15) is 0 Å². The molecule has 0 radical (unpaired) electrons. The Kier molecular flexibility index (Phi) is 5.58. The molecule has 1 saturated carbocycles. The average Bonchev–Trinajstić information content (AvgIpc) is 3.53. The molecule has 0 aromatic heterocycles. The van der Waals surface area contributed by atoms with E-state index in [4.69, 9.17) is 0 Å². The van der Waals surface area contributed by atoms with E-state index in [-0.39, 0.29) is 23.7 Å². The van der Waals surface area contributed by atoms with Crippen molar-refractivity contribution in [1.29, 1.82) is 0 Å². The van der Waals surface area contributed by atoms with Crippen LogP contribution in [-0.2, 0) is 4.79 Å². The van der Waals surface area contributed by atoms with Gasteiger partial charge in [0.2, 0.25) is 5.91 Å². The van der Waals surface area contributed by atoms with Crippen LogP contribution in [0.25, 0.3) is 0 Å². The molecule has 0 unspecified atom stereocenters. The fourth-order valence-corrected chi connectivity index (χ4v) is 4.04. The number of ketones is 1. The summed E-state index contributed by atoms with van der Waals surface area (Å²) in [6.45, 7) is 3.56. The Bertz CT molecular complexity index is 819. The number of amides is 1. The number of aryl methyl sites for hydroxylation is 1. The van der Waals surface area contributed by atoms with Gasteiger partial charge < -0.3 is 5.32 Å². The van der Waals surface area contributed by atoms with Crippen molar-refractivity contribution >= 4 is 11.7 Å². The van der Waals surface area contributed by atoms with E-state index in [9.17, 15) is 9.59 Å². The zero-order valence-corrected chi connectivity index (χ0v) is 16.4. The van der Waals surface area contributed by atoms with Gasteiger partial charge in [-0.25, -0.2) is 0 Å². The Morgan fingerprint density at radius 3 is 2.18 bits per heavy atom. The lowest BCUT2D eigenvalue weighted by Crippen LogP contribution is -2.45. The minimum Gasteiger partial charge on any atom is -0.352 e. The first kappa shape index (κ1) is 18.9. The Morgan fingerprint density at radius 2 is 1.57 bits per heavy atom. The van der Waals surface area contributed by atoms with Crippen LogP contribution in [0.3, 0.4) is 0 Å². The van der Waals surface area contributed by atoms with Gasteiger partial charge in [-0.3, -0.25) is 14.5 Å². The number of carbonyl (C=O) groups is 2. The smallest absolute Gasteiger partial charge is 0.242 e. The summed E-state index contributed by atoms with van der Waals surface area (Å²) in [5, 5.41) is 3.17. The third-order valence-electron chi connectivity index (χ3n) is 5.89. The predicted molar refractivity (Wildman–Crippen MR) is 110 cm³/mol. The molecular weight excluding hydrogens is 348 g/mol. The average molecular weight is 377 g/mol. The molecule has 1 aliphatic heterocycles. The third-order valence-corrected chi connectivity index (χ3v) is 5.89. The van der Waals surface area contributed by atoms with Crippen LogP contribution in [0.15, 0.2) is 54.6 Å². The Balaban J connectivity index is 1.44. The topological polar surface area (TPSA) is 49.4 Å². The van der Waals surface area contributed by atoms with Gasteiger partial charge in [0.15, 0.2) is 5.78 Å². The van der Waals surface area contributed by atoms with E-state index in [0.717, 1.165) is 49.9 Å². The number of Topliss-reactive ketones (excluding diaryl/α,β-unsaturated/α-hetero) is 1. The zero-order chi connectivity index (χ0) is 19.5. The first-order valence-corrected chi connectivity index (χ1v) is 10.3. The Labute approximate surface area is 166 Å². The maximum atomic E-state index is 12.9. The van der Waals surface area contributed by atoms with Crippen molar-refractivity contribution in [3.8, 4) is 0 Å². The molecule has 2 aromatic carbocycles. The first-order chi connectivity index (χ1) is 13.6. The van der Waals surface area contributed by atoms with E-state index in [1.54, 1.807) is 0 Å². The summed E-state index contributed by atoms with van der Waals surface area (Å²) in [5.74, 6) is 0.372. The Hall–Kier alpha value is -2.46. The molecule has 28 heavy (non-hydrogen) atoms. The van der Waals surface area contributed by atoms with Gasteiger partial charge in [-0.05, 0) is 51.3 Å². The normalized spacial score (nSPS) is 19.2. The van der Waals surface area contributed by atoms with Gasteiger partial charge in [0.05, 0.1) is 0 Å². The summed E-state index contributed by atoms with van der Waals surface area (Å²) in [7, 11) is 0. The molecule has 1 saturated heterocycles. The molecule has 2 fully saturated rings. The largest absolute Gasteiger partial charge is 0.352 e. The highest BCUT2D eigenvalue weighted by Crippen LogP contribution is 2.30. The molecular formula is C24H28N2O2. The second-order valence-corrected chi connectivity index (χ2v) is 8.14. The SMILES string of the molecule is Cc1ccc(C(=O)C2CCN([C@H](C(=O)NC3CC3)c3ccccc3)CC2)cc1. The van der Waals surface area contributed by atoms with Crippen LogP contribution in [0.2, 0.25) is 0 Å². The van der Waals surface area contributed by atoms with E-state index in [1.807, 2.05) is 61.5 Å². The van der Waals surface area contributed by atoms with Gasteiger partial charge in [0, 0.05) is 17.5 Å². The molecule has 4 nitrogen and oxygen atoms in total. The lowest BCUT2D eigenvalue weighted by Gasteiger charge is -2.36. The fraction of sp³-hybridized carbons (Fsp3) is 0.417. The van der Waals surface area contributed by atoms with Crippen molar-refractivity contribution in [2.75, 3.05) is 13.1 Å². The zero-order valence-electron chi connectivity index (χ0n) is 16.4. The summed E-state index contributed by atoms with van der Waals surface area (Å²) in [6.07, 6.45) is 3.76. The second-order valence-electron chi connectivity index (χ2n) is 8.14. The third kappa shape index (κ3) is 4.33.